The summed E-state index contributed by atoms with van der Waals surface area (Å²) in [4.78, 5) is 4.40. The van der Waals surface area contributed by atoms with Crippen molar-refractivity contribution in [3.8, 4) is 11.5 Å². The second-order valence-electron chi connectivity index (χ2n) is 6.33. The van der Waals surface area contributed by atoms with Crippen LogP contribution in [0.5, 0.6) is 11.5 Å². The van der Waals surface area contributed by atoms with E-state index in [0.717, 1.165) is 43.3 Å². The molecule has 1 aliphatic rings. The molecule has 1 heterocycles. The summed E-state index contributed by atoms with van der Waals surface area (Å²) in [5.41, 5.74) is 7.59. The van der Waals surface area contributed by atoms with Crippen LogP contribution in [0.4, 0.5) is 24.5 Å². The molecule has 0 bridgehead atoms. The van der Waals surface area contributed by atoms with E-state index >= 15 is 0 Å². The fraction of sp³-hybridized carbons (Fsp3) is 0.368. The number of alkyl halides is 3. The first-order chi connectivity index (χ1) is 12.8. The summed E-state index contributed by atoms with van der Waals surface area (Å²) in [6.45, 7) is 4.95. The maximum absolute atomic E-state index is 12.2. The normalized spacial score (nSPS) is 16.2. The van der Waals surface area contributed by atoms with E-state index in [1.165, 1.54) is 12.1 Å². The first-order valence-corrected chi connectivity index (χ1v) is 8.68. The Kier molecular flexibility index (Phi) is 5.65. The Labute approximate surface area is 156 Å². The molecule has 0 radical (unpaired) electrons. The number of piperazine rings is 1. The third kappa shape index (κ3) is 5.43. The number of benzene rings is 2. The maximum Gasteiger partial charge on any atom is 0.573 e. The van der Waals surface area contributed by atoms with Crippen LogP contribution in [0.15, 0.2) is 48.5 Å². The van der Waals surface area contributed by atoms with Crippen molar-refractivity contribution >= 4 is 11.4 Å². The van der Waals surface area contributed by atoms with Crippen molar-refractivity contribution in [3.05, 3.63) is 48.5 Å². The summed E-state index contributed by atoms with van der Waals surface area (Å²) in [5.74, 6) is 0.521. The summed E-state index contributed by atoms with van der Waals surface area (Å²) >= 11 is 0. The first-order valence-electron chi connectivity index (χ1n) is 8.68. The highest BCUT2D eigenvalue weighted by Crippen LogP contribution is 2.27. The highest BCUT2D eigenvalue weighted by atomic mass is 19.4. The smallest absolute Gasteiger partial charge is 0.476 e. The molecule has 0 spiro atoms. The van der Waals surface area contributed by atoms with Crippen LogP contribution in [-0.4, -0.2) is 38.8 Å². The molecule has 146 valence electrons. The molecule has 2 aromatic rings. The quantitative estimate of drug-likeness (QED) is 0.802. The van der Waals surface area contributed by atoms with Crippen LogP contribution in [0, 0.1) is 0 Å². The number of hydrogen-bond donors (Lipinski definition) is 1. The number of anilines is 2. The second kappa shape index (κ2) is 7.96. The Morgan fingerprint density at radius 1 is 0.815 bits per heavy atom. The molecule has 0 aliphatic carbocycles. The molecular formula is C19H22F3N3O2. The number of halogens is 3. The topological polar surface area (TPSA) is 51.0 Å². The molecule has 0 aromatic heterocycles. The van der Waals surface area contributed by atoms with E-state index in [0.29, 0.717) is 0 Å². The average molecular weight is 381 g/mol. The van der Waals surface area contributed by atoms with E-state index in [1.54, 1.807) is 19.1 Å². The van der Waals surface area contributed by atoms with Crippen molar-refractivity contribution in [1.82, 2.24) is 0 Å². The van der Waals surface area contributed by atoms with Gasteiger partial charge in [0.05, 0.1) is 0 Å². The molecule has 3 rings (SSSR count). The summed E-state index contributed by atoms with van der Waals surface area (Å²) in [5, 5.41) is 0. The molecule has 8 heteroatoms. The molecular weight excluding hydrogens is 359 g/mol. The van der Waals surface area contributed by atoms with Gasteiger partial charge in [0.25, 0.3) is 0 Å². The number of ether oxygens (including phenoxy) is 2. The van der Waals surface area contributed by atoms with E-state index in [1.807, 2.05) is 24.3 Å². The average Bonchev–Trinajstić information content (AvgIpc) is 2.61. The number of nitrogens with zero attached hydrogens (tertiary/aromatic N) is 2. The summed E-state index contributed by atoms with van der Waals surface area (Å²) in [6.07, 6.45) is -5.03. The Bertz CT molecular complexity index is 725. The predicted octanol–water partition coefficient (Wildman–Crippen LogP) is 3.60. The fourth-order valence-corrected chi connectivity index (χ4v) is 3.03. The maximum atomic E-state index is 12.2. The van der Waals surface area contributed by atoms with Crippen molar-refractivity contribution in [2.24, 2.45) is 5.73 Å². The summed E-state index contributed by atoms with van der Waals surface area (Å²) in [7, 11) is 0. The van der Waals surface area contributed by atoms with Crippen molar-refractivity contribution in [2.75, 3.05) is 36.0 Å². The molecule has 2 N–H and O–H groups in total. The molecule has 0 amide bonds. The van der Waals surface area contributed by atoms with Gasteiger partial charge >= 0.3 is 6.36 Å². The monoisotopic (exact) mass is 381 g/mol. The van der Waals surface area contributed by atoms with Crippen LogP contribution in [0.1, 0.15) is 6.92 Å². The van der Waals surface area contributed by atoms with Gasteiger partial charge in [0.1, 0.15) is 17.7 Å². The van der Waals surface area contributed by atoms with E-state index in [2.05, 4.69) is 14.5 Å². The summed E-state index contributed by atoms with van der Waals surface area (Å²) in [6, 6.07) is 13.8. The molecule has 1 aliphatic heterocycles. The van der Waals surface area contributed by atoms with Crippen LogP contribution in [0.2, 0.25) is 0 Å². The van der Waals surface area contributed by atoms with Gasteiger partial charge in [-0.25, -0.2) is 0 Å². The Morgan fingerprint density at radius 3 is 1.59 bits per heavy atom. The zero-order valence-corrected chi connectivity index (χ0v) is 14.9. The van der Waals surface area contributed by atoms with Crippen molar-refractivity contribution in [3.63, 3.8) is 0 Å². The van der Waals surface area contributed by atoms with E-state index in [-0.39, 0.29) is 12.0 Å². The SMILES string of the molecule is CC(N)Oc1ccc(N2CCN(c3ccc(OC(F)(F)F)cc3)CC2)cc1. The Morgan fingerprint density at radius 2 is 1.22 bits per heavy atom. The molecule has 1 unspecified atom stereocenters. The highest BCUT2D eigenvalue weighted by Gasteiger charge is 2.31. The Hall–Kier alpha value is -2.61. The standard InChI is InChI=1S/C19H22F3N3O2/c1-14(23)26-17-6-2-15(3-7-17)24-10-12-25(13-11-24)16-4-8-18(9-5-16)27-19(20,21)22/h2-9,14H,10-13,23H2,1H3. The van der Waals surface area contributed by atoms with Crippen LogP contribution in [-0.2, 0) is 0 Å². The molecule has 2 aromatic carbocycles. The van der Waals surface area contributed by atoms with Gasteiger partial charge in [0.15, 0.2) is 0 Å². The minimum Gasteiger partial charge on any atom is -0.476 e. The van der Waals surface area contributed by atoms with Crippen LogP contribution < -0.4 is 25.0 Å². The molecule has 1 saturated heterocycles. The minimum absolute atomic E-state index is 0.209. The van der Waals surface area contributed by atoms with Gasteiger partial charge in [0, 0.05) is 37.6 Å². The zero-order chi connectivity index (χ0) is 19.4. The van der Waals surface area contributed by atoms with Gasteiger partial charge in [-0.3, -0.25) is 5.73 Å². The van der Waals surface area contributed by atoms with Crippen molar-refractivity contribution in [2.45, 2.75) is 19.5 Å². The lowest BCUT2D eigenvalue weighted by Crippen LogP contribution is -2.46. The number of nitrogens with two attached hydrogens (primary N) is 1. The van der Waals surface area contributed by atoms with E-state index < -0.39 is 6.36 Å². The lowest BCUT2D eigenvalue weighted by molar-refractivity contribution is -0.274. The third-order valence-electron chi connectivity index (χ3n) is 4.24. The van der Waals surface area contributed by atoms with Crippen molar-refractivity contribution in [1.29, 1.82) is 0 Å². The fourth-order valence-electron chi connectivity index (χ4n) is 3.03. The molecule has 27 heavy (non-hydrogen) atoms. The van der Waals surface area contributed by atoms with Gasteiger partial charge < -0.3 is 19.3 Å². The lowest BCUT2D eigenvalue weighted by atomic mass is 10.2. The molecule has 5 nitrogen and oxygen atoms in total. The third-order valence-corrected chi connectivity index (χ3v) is 4.24. The number of hydrogen-bond acceptors (Lipinski definition) is 5. The van der Waals surface area contributed by atoms with Gasteiger partial charge in [0.2, 0.25) is 0 Å². The Balaban J connectivity index is 1.55. The van der Waals surface area contributed by atoms with Gasteiger partial charge in [-0.05, 0) is 55.5 Å². The number of rotatable bonds is 5. The van der Waals surface area contributed by atoms with Gasteiger partial charge in [-0.1, -0.05) is 0 Å². The zero-order valence-electron chi connectivity index (χ0n) is 14.9. The highest BCUT2D eigenvalue weighted by molar-refractivity contribution is 5.54. The largest absolute Gasteiger partial charge is 0.573 e. The van der Waals surface area contributed by atoms with Gasteiger partial charge in [-0.15, -0.1) is 13.2 Å². The van der Waals surface area contributed by atoms with Crippen LogP contribution >= 0.6 is 0 Å². The first kappa shape index (κ1) is 19.2. The van der Waals surface area contributed by atoms with Crippen LogP contribution in [0.3, 0.4) is 0 Å². The molecule has 1 atom stereocenters. The molecule has 0 saturated carbocycles. The minimum atomic E-state index is -4.67. The predicted molar refractivity (Wildman–Crippen MR) is 98.3 cm³/mol. The van der Waals surface area contributed by atoms with Gasteiger partial charge in [-0.2, -0.15) is 0 Å². The molecule has 1 fully saturated rings. The van der Waals surface area contributed by atoms with E-state index in [9.17, 15) is 13.2 Å². The summed E-state index contributed by atoms with van der Waals surface area (Å²) < 4.78 is 46.1. The second-order valence-corrected chi connectivity index (χ2v) is 6.33. The van der Waals surface area contributed by atoms with E-state index in [4.69, 9.17) is 10.5 Å². The van der Waals surface area contributed by atoms with Crippen LogP contribution in [0.25, 0.3) is 0 Å². The lowest BCUT2D eigenvalue weighted by Gasteiger charge is -2.37. The van der Waals surface area contributed by atoms with Crippen molar-refractivity contribution < 1.29 is 22.6 Å².